The zero-order valence-corrected chi connectivity index (χ0v) is 16.5. The van der Waals surface area contributed by atoms with Crippen LogP contribution in [0, 0.1) is 10.1 Å². The van der Waals surface area contributed by atoms with Crippen LogP contribution in [-0.4, -0.2) is 21.6 Å². The van der Waals surface area contributed by atoms with Crippen molar-refractivity contribution in [3.8, 4) is 0 Å². The Morgan fingerprint density at radius 1 is 1.30 bits per heavy atom. The molecule has 0 saturated carbocycles. The van der Waals surface area contributed by atoms with Crippen LogP contribution in [0.25, 0.3) is 21.9 Å². The number of hydrogen-bond donors (Lipinski definition) is 1. The molecule has 1 atom stereocenters. The molecular weight excluding hydrogens is 384 g/mol. The lowest BCUT2D eigenvalue weighted by Gasteiger charge is -2.12. The molecule has 1 N–H and O–H groups in total. The number of hydrogen-bond acceptors (Lipinski definition) is 5. The number of nitro benzene ring substituents is 1. The molecule has 2 aromatic carbocycles. The molecule has 0 radical (unpaired) electrons. The summed E-state index contributed by atoms with van der Waals surface area (Å²) in [7, 11) is 0. The molecule has 8 heteroatoms. The number of hydrazone groups is 1. The van der Waals surface area contributed by atoms with Gasteiger partial charge in [-0.05, 0) is 31.5 Å². The van der Waals surface area contributed by atoms with Crippen LogP contribution in [0.2, 0.25) is 0 Å². The number of para-hydroxylation sites is 1. The van der Waals surface area contributed by atoms with Crippen LogP contribution in [0.5, 0.6) is 0 Å². The first-order valence-electron chi connectivity index (χ1n) is 9.59. The van der Waals surface area contributed by atoms with Gasteiger partial charge in [0.2, 0.25) is 0 Å². The number of furan rings is 1. The summed E-state index contributed by atoms with van der Waals surface area (Å²) in [5.74, 6) is -0.500. The van der Waals surface area contributed by atoms with Crippen LogP contribution in [0.1, 0.15) is 42.4 Å². The second-order valence-corrected chi connectivity index (χ2v) is 7.06. The number of nitrogens with zero attached hydrogens (tertiary/aromatic N) is 3. The van der Waals surface area contributed by atoms with E-state index in [-0.39, 0.29) is 11.4 Å². The number of carbonyl (C=O) groups is 1. The summed E-state index contributed by atoms with van der Waals surface area (Å²) in [5, 5.41) is 16.5. The van der Waals surface area contributed by atoms with Crippen LogP contribution in [0.4, 0.5) is 5.69 Å². The van der Waals surface area contributed by atoms with E-state index < -0.39 is 10.8 Å². The van der Waals surface area contributed by atoms with Crippen molar-refractivity contribution < 1.29 is 14.1 Å². The maximum Gasteiger partial charge on any atom is 0.307 e. The summed E-state index contributed by atoms with van der Waals surface area (Å²) in [6.07, 6.45) is 4.62. The van der Waals surface area contributed by atoms with Crippen molar-refractivity contribution in [3.05, 3.63) is 76.2 Å². The Morgan fingerprint density at radius 3 is 2.87 bits per heavy atom. The Hall–Kier alpha value is -3.94. The molecule has 152 valence electrons. The Kier molecular flexibility index (Phi) is 5.05. The third-order valence-electron chi connectivity index (χ3n) is 5.14. The van der Waals surface area contributed by atoms with E-state index in [1.165, 1.54) is 24.3 Å². The van der Waals surface area contributed by atoms with Crippen molar-refractivity contribution in [2.45, 2.75) is 26.3 Å². The third kappa shape index (κ3) is 3.55. The average Bonchev–Trinajstić information content (AvgIpc) is 3.34. The summed E-state index contributed by atoms with van der Waals surface area (Å²) in [5.41, 5.74) is 4.79. The molecule has 4 rings (SSSR count). The number of rotatable bonds is 6. The Morgan fingerprint density at radius 2 is 2.10 bits per heavy atom. The van der Waals surface area contributed by atoms with E-state index in [9.17, 15) is 14.9 Å². The van der Waals surface area contributed by atoms with E-state index in [2.05, 4.69) is 35.0 Å². The minimum atomic E-state index is -0.532. The molecule has 0 unspecified atom stereocenters. The monoisotopic (exact) mass is 404 g/mol. The van der Waals surface area contributed by atoms with Gasteiger partial charge >= 0.3 is 5.91 Å². The first-order valence-corrected chi connectivity index (χ1v) is 9.59. The number of nitro groups is 1. The van der Waals surface area contributed by atoms with E-state index in [1.54, 1.807) is 6.21 Å². The second kappa shape index (κ2) is 7.82. The SMILES string of the molecule is CC[C@H](C)n1cc(/C=N/NC(=O)c2cc3cc([N+](=O)[O-])ccc3o2)c2ccccc21. The number of aromatic nitrogens is 1. The number of nitrogens with one attached hydrogen (secondary N) is 1. The highest BCUT2D eigenvalue weighted by atomic mass is 16.6. The van der Waals surface area contributed by atoms with Crippen molar-refractivity contribution >= 4 is 39.7 Å². The van der Waals surface area contributed by atoms with Gasteiger partial charge in [0.05, 0.1) is 11.1 Å². The van der Waals surface area contributed by atoms with Gasteiger partial charge in [0.15, 0.2) is 5.76 Å². The number of fused-ring (bicyclic) bond motifs is 2. The minimum Gasteiger partial charge on any atom is -0.451 e. The zero-order valence-electron chi connectivity index (χ0n) is 16.5. The molecule has 30 heavy (non-hydrogen) atoms. The van der Waals surface area contributed by atoms with E-state index in [0.717, 1.165) is 22.9 Å². The van der Waals surface area contributed by atoms with Crippen molar-refractivity contribution in [2.75, 3.05) is 0 Å². The van der Waals surface area contributed by atoms with Gasteiger partial charge in [0.1, 0.15) is 5.58 Å². The molecule has 0 spiro atoms. The Bertz CT molecular complexity index is 1290. The molecule has 0 aliphatic heterocycles. The zero-order chi connectivity index (χ0) is 21.3. The maximum absolute atomic E-state index is 12.4. The summed E-state index contributed by atoms with van der Waals surface area (Å²) in [4.78, 5) is 22.8. The molecule has 1 amide bonds. The van der Waals surface area contributed by atoms with E-state index in [1.807, 2.05) is 24.4 Å². The number of non-ortho nitro benzene ring substituents is 1. The smallest absolute Gasteiger partial charge is 0.307 e. The fourth-order valence-electron chi connectivity index (χ4n) is 3.37. The summed E-state index contributed by atoms with van der Waals surface area (Å²) in [6, 6.07) is 14.0. The van der Waals surface area contributed by atoms with Crippen LogP contribution < -0.4 is 5.43 Å². The van der Waals surface area contributed by atoms with Gasteiger partial charge in [0, 0.05) is 46.2 Å². The van der Waals surface area contributed by atoms with Gasteiger partial charge in [-0.15, -0.1) is 0 Å². The molecular formula is C22H20N4O4. The van der Waals surface area contributed by atoms with E-state index in [0.29, 0.717) is 17.0 Å². The summed E-state index contributed by atoms with van der Waals surface area (Å²) in [6.45, 7) is 4.29. The molecule has 8 nitrogen and oxygen atoms in total. The normalized spacial score (nSPS) is 12.6. The molecule has 0 saturated heterocycles. The fourth-order valence-corrected chi connectivity index (χ4v) is 3.37. The number of benzene rings is 2. The molecule has 2 heterocycles. The maximum atomic E-state index is 12.4. The predicted molar refractivity (Wildman–Crippen MR) is 115 cm³/mol. The number of amides is 1. The van der Waals surface area contributed by atoms with Gasteiger partial charge in [0.25, 0.3) is 5.69 Å². The fraction of sp³-hybridized carbons (Fsp3) is 0.182. The van der Waals surface area contributed by atoms with Gasteiger partial charge in [-0.2, -0.15) is 5.10 Å². The highest BCUT2D eigenvalue weighted by Gasteiger charge is 2.15. The summed E-state index contributed by atoms with van der Waals surface area (Å²) < 4.78 is 7.67. The van der Waals surface area contributed by atoms with Gasteiger partial charge in [-0.1, -0.05) is 25.1 Å². The molecule has 0 aliphatic rings. The van der Waals surface area contributed by atoms with Crippen molar-refractivity contribution in [3.63, 3.8) is 0 Å². The van der Waals surface area contributed by atoms with Crippen LogP contribution in [0.15, 0.2) is 64.2 Å². The van der Waals surface area contributed by atoms with Crippen molar-refractivity contribution in [2.24, 2.45) is 5.10 Å². The molecule has 4 aromatic rings. The predicted octanol–water partition coefficient (Wildman–Crippen LogP) is 5.03. The van der Waals surface area contributed by atoms with Crippen LogP contribution >= 0.6 is 0 Å². The molecule has 2 aromatic heterocycles. The van der Waals surface area contributed by atoms with Gasteiger partial charge in [-0.25, -0.2) is 5.43 Å². The third-order valence-corrected chi connectivity index (χ3v) is 5.14. The second-order valence-electron chi connectivity index (χ2n) is 7.06. The molecule has 0 aliphatic carbocycles. The van der Waals surface area contributed by atoms with Crippen LogP contribution in [0.3, 0.4) is 0 Å². The van der Waals surface area contributed by atoms with Gasteiger partial charge < -0.3 is 8.98 Å². The lowest BCUT2D eigenvalue weighted by atomic mass is 10.2. The minimum absolute atomic E-state index is 0.0321. The highest BCUT2D eigenvalue weighted by Crippen LogP contribution is 2.26. The topological polar surface area (TPSA) is 103 Å². The van der Waals surface area contributed by atoms with Crippen molar-refractivity contribution in [1.29, 1.82) is 0 Å². The average molecular weight is 404 g/mol. The number of carbonyl (C=O) groups excluding carboxylic acids is 1. The summed E-state index contributed by atoms with van der Waals surface area (Å²) >= 11 is 0. The quantitative estimate of drug-likeness (QED) is 0.276. The largest absolute Gasteiger partial charge is 0.451 e. The standard InChI is InChI=1S/C22H20N4O4/c1-3-14(2)25-13-16(18-6-4-5-7-19(18)25)12-23-24-22(27)21-11-15-10-17(26(28)29)8-9-20(15)30-21/h4-14H,3H2,1-2H3,(H,24,27)/b23-12+/t14-/m0/s1. The lowest BCUT2D eigenvalue weighted by Crippen LogP contribution is -2.16. The Labute approximate surface area is 171 Å². The Balaban J connectivity index is 1.55. The first kappa shape index (κ1) is 19.4. The van der Waals surface area contributed by atoms with Crippen LogP contribution in [-0.2, 0) is 0 Å². The van der Waals surface area contributed by atoms with E-state index in [4.69, 9.17) is 4.42 Å². The first-order chi connectivity index (χ1) is 14.5. The van der Waals surface area contributed by atoms with E-state index >= 15 is 0 Å². The highest BCUT2D eigenvalue weighted by molar-refractivity contribution is 6.01. The molecule has 0 fully saturated rings. The molecule has 0 bridgehead atoms. The van der Waals surface area contributed by atoms with Gasteiger partial charge in [-0.3, -0.25) is 14.9 Å². The van der Waals surface area contributed by atoms with Crippen molar-refractivity contribution in [1.82, 2.24) is 9.99 Å². The lowest BCUT2D eigenvalue weighted by molar-refractivity contribution is -0.384.